The molecule has 5 rings (SSSR count). The Morgan fingerprint density at radius 1 is 1.03 bits per heavy atom. The van der Waals surface area contributed by atoms with Crippen molar-refractivity contribution < 1.29 is 4.92 Å². The van der Waals surface area contributed by atoms with Crippen molar-refractivity contribution in [2.24, 2.45) is 17.8 Å². The quantitative estimate of drug-likeness (QED) is 0.444. The van der Waals surface area contributed by atoms with Gasteiger partial charge in [0.1, 0.15) is 0 Å². The molecule has 3 aromatic rings. The van der Waals surface area contributed by atoms with Crippen LogP contribution in [0.2, 0.25) is 0 Å². The zero-order chi connectivity index (χ0) is 20.7. The van der Waals surface area contributed by atoms with Crippen molar-refractivity contribution in [3.63, 3.8) is 0 Å². The fourth-order valence-electron chi connectivity index (χ4n) is 5.65. The third-order valence-electron chi connectivity index (χ3n) is 6.89. The molecular weight excluding hydrogens is 378 g/mol. The van der Waals surface area contributed by atoms with Crippen molar-refractivity contribution in [3.8, 4) is 11.3 Å². The first-order chi connectivity index (χ1) is 14.6. The molecule has 1 aromatic heterocycles. The van der Waals surface area contributed by atoms with Crippen LogP contribution in [0.3, 0.4) is 0 Å². The van der Waals surface area contributed by atoms with Gasteiger partial charge in [0, 0.05) is 29.6 Å². The summed E-state index contributed by atoms with van der Waals surface area (Å²) < 4.78 is 1.75. The second-order valence-electron chi connectivity index (χ2n) is 8.91. The van der Waals surface area contributed by atoms with Gasteiger partial charge in [0.15, 0.2) is 0 Å². The van der Waals surface area contributed by atoms with Gasteiger partial charge in [-0.25, -0.2) is 4.79 Å². The van der Waals surface area contributed by atoms with Crippen LogP contribution < -0.4 is 5.69 Å². The Hall–Kier alpha value is -3.02. The lowest BCUT2D eigenvalue weighted by Crippen LogP contribution is -2.33. The zero-order valence-corrected chi connectivity index (χ0v) is 16.9. The van der Waals surface area contributed by atoms with Crippen molar-refractivity contribution in [2.75, 3.05) is 0 Å². The van der Waals surface area contributed by atoms with Crippen molar-refractivity contribution in [1.82, 2.24) is 9.55 Å². The van der Waals surface area contributed by atoms with Crippen molar-refractivity contribution in [3.05, 3.63) is 69.1 Å². The van der Waals surface area contributed by atoms with Gasteiger partial charge >= 0.3 is 5.69 Å². The number of aromatic nitrogens is 2. The fraction of sp³-hybridized carbons (Fsp3) is 0.417. The molecule has 154 valence electrons. The second kappa shape index (κ2) is 7.67. The fourth-order valence-corrected chi connectivity index (χ4v) is 5.65. The molecule has 2 fully saturated rings. The van der Waals surface area contributed by atoms with E-state index >= 15 is 0 Å². The number of non-ortho nitro benzene ring substituents is 1. The average Bonchev–Trinajstić information content (AvgIpc) is 2.75. The topological polar surface area (TPSA) is 78.0 Å². The van der Waals surface area contributed by atoms with Crippen LogP contribution in [0.4, 0.5) is 5.69 Å². The lowest BCUT2D eigenvalue weighted by atomic mass is 9.68. The van der Waals surface area contributed by atoms with E-state index in [-0.39, 0.29) is 11.4 Å². The van der Waals surface area contributed by atoms with Crippen LogP contribution in [0, 0.1) is 27.9 Å². The first-order valence-electron chi connectivity index (χ1n) is 10.8. The highest BCUT2D eigenvalue weighted by atomic mass is 16.6. The highest BCUT2D eigenvalue weighted by Crippen LogP contribution is 2.43. The van der Waals surface area contributed by atoms with E-state index in [9.17, 15) is 14.9 Å². The molecule has 2 atom stereocenters. The maximum absolute atomic E-state index is 13.1. The molecule has 6 nitrogen and oxygen atoms in total. The molecule has 2 aromatic carbocycles. The Kier molecular flexibility index (Phi) is 4.85. The number of nitro benzene ring substituents is 1. The molecule has 2 saturated carbocycles. The number of benzene rings is 2. The number of fused-ring (bicyclic) bond motifs is 3. The monoisotopic (exact) mass is 403 g/mol. The number of nitro groups is 1. The second-order valence-corrected chi connectivity index (χ2v) is 8.91. The van der Waals surface area contributed by atoms with Gasteiger partial charge in [0.25, 0.3) is 5.69 Å². The lowest BCUT2D eigenvalue weighted by Gasteiger charge is -2.39. The van der Waals surface area contributed by atoms with E-state index in [1.807, 2.05) is 30.3 Å². The van der Waals surface area contributed by atoms with Crippen LogP contribution in [-0.2, 0) is 6.54 Å². The van der Waals surface area contributed by atoms with Crippen molar-refractivity contribution in [1.29, 1.82) is 0 Å². The predicted octanol–water partition coefficient (Wildman–Crippen LogP) is 5.19. The summed E-state index contributed by atoms with van der Waals surface area (Å²) in [6.45, 7) is 0.641. The summed E-state index contributed by atoms with van der Waals surface area (Å²) in [5.41, 5.74) is 1.77. The van der Waals surface area contributed by atoms with Gasteiger partial charge in [-0.15, -0.1) is 0 Å². The highest BCUT2D eigenvalue weighted by molar-refractivity contribution is 5.93. The van der Waals surface area contributed by atoms with Crippen LogP contribution in [0.25, 0.3) is 22.2 Å². The predicted molar refractivity (Wildman–Crippen MR) is 116 cm³/mol. The van der Waals surface area contributed by atoms with Gasteiger partial charge in [-0.1, -0.05) is 49.6 Å². The van der Waals surface area contributed by atoms with Crippen LogP contribution >= 0.6 is 0 Å². The number of rotatable bonds is 4. The zero-order valence-electron chi connectivity index (χ0n) is 16.9. The van der Waals surface area contributed by atoms with Gasteiger partial charge < -0.3 is 0 Å². The first kappa shape index (κ1) is 19.0. The average molecular weight is 403 g/mol. The summed E-state index contributed by atoms with van der Waals surface area (Å²) in [5.74, 6) is 2.03. The third kappa shape index (κ3) is 3.51. The SMILES string of the molecule is O=c1nc(-c2ccccc2)c2cc([N+](=O)[O-])ccc2n1CC1CC2CCCC(C2)C1. The molecule has 1 heterocycles. The van der Waals surface area contributed by atoms with Crippen LogP contribution in [0.1, 0.15) is 38.5 Å². The smallest absolute Gasteiger partial charge is 0.292 e. The van der Waals surface area contributed by atoms with E-state index in [1.54, 1.807) is 16.7 Å². The summed E-state index contributed by atoms with van der Waals surface area (Å²) in [6, 6.07) is 14.2. The van der Waals surface area contributed by atoms with Crippen molar-refractivity contribution in [2.45, 2.75) is 45.1 Å². The van der Waals surface area contributed by atoms with Gasteiger partial charge in [-0.2, -0.15) is 4.98 Å². The van der Waals surface area contributed by atoms with Gasteiger partial charge in [0.2, 0.25) is 0 Å². The minimum absolute atomic E-state index is 0.0129. The number of hydrogen-bond acceptors (Lipinski definition) is 4. The summed E-state index contributed by atoms with van der Waals surface area (Å²) in [6.07, 6.45) is 7.61. The largest absolute Gasteiger partial charge is 0.348 e. The molecule has 0 amide bonds. The summed E-state index contributed by atoms with van der Waals surface area (Å²) >= 11 is 0. The normalized spacial score (nSPS) is 23.4. The highest BCUT2D eigenvalue weighted by Gasteiger charge is 2.32. The molecule has 2 unspecified atom stereocenters. The van der Waals surface area contributed by atoms with Crippen molar-refractivity contribution >= 4 is 16.6 Å². The summed E-state index contributed by atoms with van der Waals surface area (Å²) in [4.78, 5) is 28.5. The van der Waals surface area contributed by atoms with E-state index in [2.05, 4.69) is 4.98 Å². The Morgan fingerprint density at radius 2 is 1.77 bits per heavy atom. The molecule has 2 aliphatic carbocycles. The number of nitrogens with zero attached hydrogens (tertiary/aromatic N) is 3. The minimum Gasteiger partial charge on any atom is -0.292 e. The minimum atomic E-state index is -0.397. The van der Waals surface area contributed by atoms with E-state index < -0.39 is 4.92 Å². The summed E-state index contributed by atoms with van der Waals surface area (Å²) in [5, 5.41) is 12.0. The standard InChI is InChI=1S/C24H25N3O3/c28-24-25-23(19-7-2-1-3-8-19)21-14-20(27(29)30)9-10-22(21)26(24)15-18-12-16-5-4-6-17(11-16)13-18/h1-3,7-10,14,16-18H,4-6,11-13,15H2. The molecule has 30 heavy (non-hydrogen) atoms. The Labute approximate surface area is 174 Å². The van der Waals surface area contributed by atoms with E-state index in [0.717, 1.165) is 35.8 Å². The molecule has 2 bridgehead atoms. The van der Waals surface area contributed by atoms with Crippen LogP contribution in [0.15, 0.2) is 53.3 Å². The molecule has 0 N–H and O–H groups in total. The number of hydrogen-bond donors (Lipinski definition) is 0. The Morgan fingerprint density at radius 3 is 2.47 bits per heavy atom. The van der Waals surface area contributed by atoms with E-state index in [1.165, 1.54) is 31.7 Å². The van der Waals surface area contributed by atoms with Gasteiger partial charge in [0.05, 0.1) is 16.1 Å². The lowest BCUT2D eigenvalue weighted by molar-refractivity contribution is -0.384. The van der Waals surface area contributed by atoms with Gasteiger partial charge in [-0.3, -0.25) is 14.7 Å². The van der Waals surface area contributed by atoms with Crippen LogP contribution in [0.5, 0.6) is 0 Å². The van der Waals surface area contributed by atoms with Gasteiger partial charge in [-0.05, 0) is 43.1 Å². The molecule has 0 aliphatic heterocycles. The van der Waals surface area contributed by atoms with E-state index in [0.29, 0.717) is 23.5 Å². The molecule has 6 heteroatoms. The van der Waals surface area contributed by atoms with E-state index in [4.69, 9.17) is 0 Å². The molecule has 0 spiro atoms. The Balaban J connectivity index is 1.61. The maximum Gasteiger partial charge on any atom is 0.348 e. The third-order valence-corrected chi connectivity index (χ3v) is 6.89. The molecule has 0 saturated heterocycles. The maximum atomic E-state index is 13.1. The Bertz CT molecular complexity index is 1140. The molecule has 0 radical (unpaired) electrons. The van der Waals surface area contributed by atoms with Crippen LogP contribution in [-0.4, -0.2) is 14.5 Å². The molecule has 2 aliphatic rings. The first-order valence-corrected chi connectivity index (χ1v) is 10.8. The molecular formula is C24H25N3O3. The summed E-state index contributed by atoms with van der Waals surface area (Å²) in [7, 11) is 0.